The van der Waals surface area contributed by atoms with Crippen LogP contribution >= 0.6 is 0 Å². The number of fused-ring (bicyclic) bond motifs is 24. The van der Waals surface area contributed by atoms with E-state index in [1.165, 1.54) is 66.8 Å². The summed E-state index contributed by atoms with van der Waals surface area (Å²) in [5, 5.41) is 6.19. The third-order valence-corrected chi connectivity index (χ3v) is 26.4. The molecule has 0 bridgehead atoms. The van der Waals surface area contributed by atoms with Crippen LogP contribution < -0.4 is 42.6 Å². The molecule has 3 heterocycles. The quantitative estimate of drug-likeness (QED) is 0.0834. The Bertz CT molecular complexity index is 6550. The van der Waals surface area contributed by atoms with Gasteiger partial charge in [-0.15, -0.1) is 0 Å². The zero-order valence-corrected chi connectivity index (χ0v) is 66.7. The van der Waals surface area contributed by atoms with E-state index in [1.54, 1.807) is 28.4 Å². The highest BCUT2D eigenvalue weighted by Crippen LogP contribution is 2.64. The summed E-state index contributed by atoms with van der Waals surface area (Å²) in [5.41, 5.74) is 19.3. The molecule has 15 aromatic rings. The zero-order chi connectivity index (χ0) is 79.2. The van der Waals surface area contributed by atoms with Gasteiger partial charge in [0.1, 0.15) is 51.7 Å². The third kappa shape index (κ3) is 10.7. The topological polar surface area (TPSA) is 83.1 Å². The van der Waals surface area contributed by atoms with Crippen molar-refractivity contribution >= 4 is 50.5 Å². The molecule has 0 amide bonds. The van der Waals surface area contributed by atoms with E-state index in [-0.39, 0.29) is 5.41 Å². The fourth-order valence-corrected chi connectivity index (χ4v) is 20.6. The molecule has 3 unspecified atom stereocenters. The van der Waals surface area contributed by atoms with Gasteiger partial charge in [0.25, 0.3) is 0 Å². The smallest absolute Gasteiger partial charge is 0.178 e. The molecule has 0 saturated carbocycles. The van der Waals surface area contributed by atoms with Crippen molar-refractivity contribution in [2.24, 2.45) is 0 Å². The summed E-state index contributed by atoms with van der Waals surface area (Å²) in [4.78, 5) is 0. The number of hydrogen-bond donors (Lipinski definition) is 0. The van der Waals surface area contributed by atoms with Crippen LogP contribution in [0.1, 0.15) is 124 Å². The molecule has 0 spiro atoms. The van der Waals surface area contributed by atoms with Gasteiger partial charge < -0.3 is 42.6 Å². The van der Waals surface area contributed by atoms with Gasteiger partial charge >= 0.3 is 0 Å². The van der Waals surface area contributed by atoms with E-state index in [1.807, 2.05) is 36.4 Å². The highest BCUT2D eigenvalue weighted by atomic mass is 16.5. The Hall–Kier alpha value is -13.5. The van der Waals surface area contributed by atoms with Crippen LogP contribution in [0.25, 0.3) is 83.9 Å². The minimum atomic E-state index is -1.05. The average molecular weight is 1530 g/mol. The Balaban J connectivity index is 0.674. The van der Waals surface area contributed by atoms with E-state index in [0.29, 0.717) is 26.1 Å². The molecule has 9 heteroatoms. The van der Waals surface area contributed by atoms with Crippen LogP contribution in [0.15, 0.2) is 309 Å². The molecule has 0 fully saturated rings. The zero-order valence-electron chi connectivity index (χ0n) is 66.7. The average Bonchev–Trinajstić information content (AvgIpc) is 1.57. The van der Waals surface area contributed by atoms with Crippen molar-refractivity contribution in [3.05, 3.63) is 393 Å². The van der Waals surface area contributed by atoms with Crippen molar-refractivity contribution in [3.8, 4) is 85.1 Å². The summed E-state index contributed by atoms with van der Waals surface area (Å²) in [6, 6.07) is 103. The molecule has 572 valence electrons. The minimum absolute atomic E-state index is 0.300. The second-order valence-electron chi connectivity index (χ2n) is 32.7. The maximum atomic E-state index is 8.05. The van der Waals surface area contributed by atoms with Crippen molar-refractivity contribution in [1.82, 2.24) is 0 Å². The number of methoxy groups -OCH3 is 4. The lowest BCUT2D eigenvalue weighted by atomic mass is 9.73. The molecule has 117 heavy (non-hydrogen) atoms. The van der Waals surface area contributed by atoms with E-state index in [0.717, 1.165) is 134 Å². The first-order valence-electron chi connectivity index (χ1n) is 40.5. The molecule has 0 saturated heterocycles. The van der Waals surface area contributed by atoms with Crippen LogP contribution in [-0.2, 0) is 33.0 Å². The minimum Gasteiger partial charge on any atom is -0.497 e. The van der Waals surface area contributed by atoms with Gasteiger partial charge in [0, 0.05) is 82.5 Å². The van der Waals surface area contributed by atoms with E-state index in [9.17, 15) is 0 Å². The van der Waals surface area contributed by atoms with Crippen LogP contribution in [0, 0.1) is 0 Å². The van der Waals surface area contributed by atoms with Crippen LogP contribution in [0.5, 0.6) is 51.7 Å². The lowest BCUT2D eigenvalue weighted by Gasteiger charge is -2.39. The van der Waals surface area contributed by atoms with Crippen molar-refractivity contribution < 1.29 is 42.6 Å². The summed E-state index contributed by atoms with van der Waals surface area (Å²) >= 11 is 0. The fourth-order valence-electron chi connectivity index (χ4n) is 20.6. The first-order valence-corrected chi connectivity index (χ1v) is 40.5. The van der Waals surface area contributed by atoms with Gasteiger partial charge in [-0.3, -0.25) is 0 Å². The van der Waals surface area contributed by atoms with Gasteiger partial charge in [-0.1, -0.05) is 246 Å². The first kappa shape index (κ1) is 71.3. The molecule has 0 N–H and O–H groups in total. The van der Waals surface area contributed by atoms with Crippen molar-refractivity contribution in [2.75, 3.05) is 41.7 Å². The van der Waals surface area contributed by atoms with Gasteiger partial charge in [-0.25, -0.2) is 0 Å². The number of rotatable bonds is 18. The Morgan fingerprint density at radius 2 is 0.547 bits per heavy atom. The normalized spacial score (nSPS) is 18.5. The summed E-state index contributed by atoms with van der Waals surface area (Å²) in [7, 11) is 6.81. The van der Waals surface area contributed by atoms with Gasteiger partial charge in [0.15, 0.2) is 16.8 Å². The molecule has 15 aromatic carbocycles. The largest absolute Gasteiger partial charge is 0.497 e. The van der Waals surface area contributed by atoms with Crippen LogP contribution in [0.2, 0.25) is 0 Å². The van der Waals surface area contributed by atoms with Gasteiger partial charge in [-0.05, 0) is 205 Å². The molecular weight excluding hydrogens is 1440 g/mol. The summed E-state index contributed by atoms with van der Waals surface area (Å²) in [6.45, 7) is 10.3. The standard InChI is InChI=1S/C108H86O9/c1-103(2)91-33-21-18-30-82(91)94-79-52-49-77(65-89(79)100-85(97(94)103)54-57-106(115-100,67-24-12-9-13-25-67)68-26-14-10-15-27-68)113-62-61-105(4)93-35-23-20-32-84(93)96-81-53-50-78(66-90(81)102-87(99(96)105)55-58-107(116-102,69-28-16-11-17-29-69)70-36-42-73(109-5)43-37-70)114-63-60-104(3)92-34-22-19-31-83(92)95-80-51-48-76(112-8)64-88(80)101-86(98(95)104)56-59-108(117-101,71-38-44-74(110-6)45-39-71)72-40-46-75(111-7)47-41-72/h9-59,64-66H,60-63H2,1-8H3. The molecule has 0 aromatic heterocycles. The number of ether oxygens (including phenoxy) is 9. The summed E-state index contributed by atoms with van der Waals surface area (Å²) in [5.74, 6) is 6.91. The first-order chi connectivity index (χ1) is 57.2. The highest BCUT2D eigenvalue weighted by Gasteiger charge is 2.50. The number of benzene rings is 15. The Kier molecular flexibility index (Phi) is 16.5. The molecule has 9 nitrogen and oxygen atoms in total. The molecule has 21 rings (SSSR count). The van der Waals surface area contributed by atoms with E-state index < -0.39 is 27.6 Å². The predicted octanol–water partition coefficient (Wildman–Crippen LogP) is 25.0. The molecule has 3 aliphatic heterocycles. The maximum Gasteiger partial charge on any atom is 0.178 e. The van der Waals surface area contributed by atoms with Crippen LogP contribution in [0.4, 0.5) is 0 Å². The van der Waals surface area contributed by atoms with Crippen LogP contribution in [0.3, 0.4) is 0 Å². The summed E-state index contributed by atoms with van der Waals surface area (Å²) < 4.78 is 61.5. The second-order valence-corrected chi connectivity index (χ2v) is 32.7. The van der Waals surface area contributed by atoms with Gasteiger partial charge in [0.05, 0.1) is 41.7 Å². The second kappa shape index (κ2) is 27.1. The molecular formula is C108H86O9. The molecule has 6 aliphatic rings. The fraction of sp³-hybridized carbons (Fsp3) is 0.167. The number of hydrogen-bond acceptors (Lipinski definition) is 9. The Morgan fingerprint density at radius 3 is 0.906 bits per heavy atom. The van der Waals surface area contributed by atoms with E-state index in [4.69, 9.17) is 42.6 Å². The lowest BCUT2D eigenvalue weighted by Crippen LogP contribution is -2.35. The SMILES string of the molecule is COc1ccc(C2(c3ccc(OC)cc3)C=Cc3c4c(c5ccc(OC)cc5c3O2)-c2ccccc2C4(C)CCOc2ccc3c4c(c5c(c3c2)OC(c2ccccc2)(c2ccc(OC)cc2)C=C5)C(C)(CCOc2ccc3c5c(c6c(c3c2)OC(c2ccccc2)(c2ccccc2)C=C6)C(C)(C)c2ccccc2-5)c2ccccc2-4)cc1. The van der Waals surface area contributed by atoms with Gasteiger partial charge in [0.2, 0.25) is 0 Å². The highest BCUT2D eigenvalue weighted by molar-refractivity contribution is 6.12. The predicted molar refractivity (Wildman–Crippen MR) is 470 cm³/mol. The maximum absolute atomic E-state index is 8.05. The van der Waals surface area contributed by atoms with Crippen LogP contribution in [-0.4, -0.2) is 41.7 Å². The molecule has 3 aliphatic carbocycles. The Morgan fingerprint density at radius 1 is 0.265 bits per heavy atom. The van der Waals surface area contributed by atoms with Gasteiger partial charge in [-0.2, -0.15) is 0 Å². The Labute approximate surface area is 682 Å². The lowest BCUT2D eigenvalue weighted by molar-refractivity contribution is 0.163. The third-order valence-electron chi connectivity index (χ3n) is 26.4. The van der Waals surface area contributed by atoms with Crippen molar-refractivity contribution in [3.63, 3.8) is 0 Å². The summed E-state index contributed by atoms with van der Waals surface area (Å²) in [6.07, 6.45) is 15.0. The van der Waals surface area contributed by atoms with Crippen molar-refractivity contribution in [2.45, 2.75) is 73.6 Å². The molecule has 0 radical (unpaired) electrons. The monoisotopic (exact) mass is 1530 g/mol. The van der Waals surface area contributed by atoms with E-state index >= 15 is 0 Å². The van der Waals surface area contributed by atoms with E-state index in [2.05, 4.69) is 319 Å². The van der Waals surface area contributed by atoms with Crippen molar-refractivity contribution in [1.29, 1.82) is 0 Å². The molecule has 3 atom stereocenters.